The third kappa shape index (κ3) is 7.72. The zero-order valence-electron chi connectivity index (χ0n) is 25.7. The largest absolute Gasteiger partial charge is 1.00 e. The van der Waals surface area contributed by atoms with E-state index in [0.29, 0.717) is 48.6 Å². The maximum atomic E-state index is 9.43. The molecule has 6 rings (SSSR count). The van der Waals surface area contributed by atoms with E-state index in [0.717, 1.165) is 28.3 Å². The summed E-state index contributed by atoms with van der Waals surface area (Å²) in [6, 6.07) is 21.8. The number of halogens is 2. The average molecular weight is 651 g/mol. The molecule has 230 valence electrons. The molecule has 2 fully saturated rings. The zero-order valence-corrected chi connectivity index (χ0v) is 28.2. The number of ether oxygens (including phenoxy) is 4. The Hall–Kier alpha value is -1.91. The number of fused-ring (bicyclic) bond motifs is 2. The summed E-state index contributed by atoms with van der Waals surface area (Å²) in [6.45, 7) is 8.98. The molecule has 0 radical (unpaired) electrons. The second-order valence-corrected chi connectivity index (χ2v) is 18.3. The number of rotatable bonds is 11. The van der Waals surface area contributed by atoms with Gasteiger partial charge in [0.15, 0.2) is 11.8 Å². The van der Waals surface area contributed by atoms with Crippen LogP contribution in [0, 0.1) is 5.92 Å². The van der Waals surface area contributed by atoms with Crippen LogP contribution < -0.4 is 36.0 Å². The summed E-state index contributed by atoms with van der Waals surface area (Å²) in [5.41, 5.74) is 5.13. The number of aliphatic hydroxyl groups is 1. The maximum Gasteiger partial charge on any atom is 1.00 e. The van der Waals surface area contributed by atoms with Crippen molar-refractivity contribution in [3.8, 4) is 28.4 Å². The Morgan fingerprint density at radius 1 is 0.955 bits per heavy atom. The first kappa shape index (κ1) is 35.0. The van der Waals surface area contributed by atoms with Gasteiger partial charge in [-0.1, -0.05) is 85.8 Å². The van der Waals surface area contributed by atoms with Gasteiger partial charge in [-0.05, 0) is 29.7 Å². The van der Waals surface area contributed by atoms with Crippen molar-refractivity contribution < 1.29 is 55.3 Å². The van der Waals surface area contributed by atoms with Gasteiger partial charge in [0.1, 0.15) is 12.8 Å². The third-order valence-corrected chi connectivity index (χ3v) is 10.0. The van der Waals surface area contributed by atoms with Crippen molar-refractivity contribution in [2.24, 2.45) is 5.92 Å². The van der Waals surface area contributed by atoms with Gasteiger partial charge in [0.05, 0.1) is 35.6 Å². The van der Waals surface area contributed by atoms with Gasteiger partial charge in [0.25, 0.3) is 0 Å². The fourth-order valence-corrected chi connectivity index (χ4v) is 6.61. The molecular formula is C32H38Cl2LiN3O5Si. The second kappa shape index (κ2) is 15.1. The number of hydrogen-bond donors (Lipinski definition) is 1. The maximum absolute atomic E-state index is 9.43. The topological polar surface area (TPSA) is 87.9 Å². The molecule has 4 aromatic rings. The van der Waals surface area contributed by atoms with Gasteiger partial charge in [-0.15, -0.1) is 0 Å². The number of aliphatic hydroxyl groups excluding tert-OH is 1. The molecule has 0 amide bonds. The van der Waals surface area contributed by atoms with Gasteiger partial charge in [0.2, 0.25) is 0 Å². The molecule has 2 aromatic carbocycles. The predicted molar refractivity (Wildman–Crippen MR) is 167 cm³/mol. The summed E-state index contributed by atoms with van der Waals surface area (Å²) in [6.07, 6.45) is 0.0232. The van der Waals surface area contributed by atoms with E-state index >= 15 is 0 Å². The average Bonchev–Trinajstić information content (AvgIpc) is 3.66. The van der Waals surface area contributed by atoms with Gasteiger partial charge in [-0.25, -0.2) is 4.98 Å². The minimum absolute atomic E-state index is 0. The Bertz CT molecular complexity index is 1520. The minimum atomic E-state index is -1.25. The van der Waals surface area contributed by atoms with Crippen molar-refractivity contribution in [2.75, 3.05) is 26.4 Å². The normalized spacial score (nSPS) is 21.1. The van der Waals surface area contributed by atoms with E-state index in [1.54, 1.807) is 0 Å². The molecule has 1 unspecified atom stereocenters. The first-order valence-corrected chi connectivity index (χ1v) is 18.7. The smallest absolute Gasteiger partial charge is 1.00 e. The molecule has 44 heavy (non-hydrogen) atoms. The summed E-state index contributed by atoms with van der Waals surface area (Å²) in [4.78, 5) is 9.70. The quantitative estimate of drug-likeness (QED) is 0.185. The Balaban J connectivity index is 0.00000221. The molecule has 8 nitrogen and oxygen atoms in total. The molecule has 0 aliphatic carbocycles. The zero-order chi connectivity index (χ0) is 29.3. The van der Waals surface area contributed by atoms with Crippen LogP contribution in [0.4, 0.5) is 0 Å². The van der Waals surface area contributed by atoms with E-state index in [2.05, 4.69) is 43.9 Å². The van der Waals surface area contributed by atoms with Gasteiger partial charge < -0.3 is 36.5 Å². The Morgan fingerprint density at radius 3 is 2.34 bits per heavy atom. The molecule has 2 saturated heterocycles. The second-order valence-electron chi connectivity index (χ2n) is 12.3. The fraction of sp³-hybridized carbons (Fsp3) is 0.438. The van der Waals surface area contributed by atoms with Crippen LogP contribution >= 0.6 is 11.6 Å². The van der Waals surface area contributed by atoms with Crippen LogP contribution in [-0.2, 0) is 20.9 Å². The molecule has 0 saturated carbocycles. The number of nitrogens with zero attached hydrogens (tertiary/aromatic N) is 3. The number of imidazole rings is 1. The molecule has 1 N–H and O–H groups in total. The van der Waals surface area contributed by atoms with E-state index in [9.17, 15) is 5.11 Å². The Kier molecular flexibility index (Phi) is 12.0. The minimum Gasteiger partial charge on any atom is -1.00 e. The molecule has 2 aliphatic heterocycles. The van der Waals surface area contributed by atoms with Crippen LogP contribution in [0.2, 0.25) is 30.7 Å². The van der Waals surface area contributed by atoms with E-state index in [4.69, 9.17) is 40.5 Å². The first-order valence-electron chi connectivity index (χ1n) is 14.6. The number of aromatic nitrogens is 3. The molecule has 4 atom stereocenters. The third-order valence-electron chi connectivity index (χ3n) is 8.01. The number of hydrogen-bond acceptors (Lipinski definition) is 7. The number of pyridine rings is 1. The van der Waals surface area contributed by atoms with Crippen molar-refractivity contribution in [2.45, 2.75) is 57.1 Å². The van der Waals surface area contributed by atoms with Crippen molar-refractivity contribution in [3.05, 3.63) is 65.7 Å². The van der Waals surface area contributed by atoms with Crippen LogP contribution in [-0.4, -0.2) is 72.5 Å². The summed E-state index contributed by atoms with van der Waals surface area (Å²) >= 11 is 6.85. The van der Waals surface area contributed by atoms with Gasteiger partial charge in [-0.3, -0.25) is 4.57 Å². The fourth-order valence-electron chi connectivity index (χ4n) is 5.60. The van der Waals surface area contributed by atoms with Crippen molar-refractivity contribution in [3.63, 3.8) is 0 Å². The van der Waals surface area contributed by atoms with E-state index in [1.165, 1.54) is 0 Å². The molecule has 0 bridgehead atoms. The summed E-state index contributed by atoms with van der Waals surface area (Å²) < 4.78 is 26.6. The predicted octanol–water partition coefficient (Wildman–Crippen LogP) is 0.283. The van der Waals surface area contributed by atoms with Crippen LogP contribution in [0.1, 0.15) is 6.42 Å². The summed E-state index contributed by atoms with van der Waals surface area (Å²) in [7, 11) is -1.25. The first-order chi connectivity index (χ1) is 20.3. The standard InChI is InChI=1S/C32H38ClN3O5Si.ClH.Li/c1-42(2,3)16-15-38-20-36-26-17-25(33)28(23-11-9-22(10-12-23)21-7-5-4-6-8-21)34-31(26)35-32(36)41-27-19-40-29-24(13-14-37)18-39-30(27)29;;/h4-12,17,24,27,29-30,37H,13-16,18-20H2,1-3H3;1H;/q;;+1/p-1/t24?,27-,29-,30-;;/m1../s1. The molecule has 4 heterocycles. The summed E-state index contributed by atoms with van der Waals surface area (Å²) in [5.74, 6) is 0.161. The van der Waals surface area contributed by atoms with Gasteiger partial charge in [-0.2, -0.15) is 4.98 Å². The Labute approximate surface area is 283 Å². The SMILES string of the molecule is C[Si](C)(C)CCOCn1c(O[C@@H]2CO[C@@H]3C(CCO)CO[C@@H]32)nc2nc(-c3ccc(-c4ccccc4)cc3)c(Cl)cc21.[Cl-].[Li+]. The van der Waals surface area contributed by atoms with Crippen LogP contribution in [0.25, 0.3) is 33.5 Å². The van der Waals surface area contributed by atoms with Crippen LogP contribution in [0.5, 0.6) is 6.01 Å². The van der Waals surface area contributed by atoms with E-state index in [-0.39, 0.29) is 68.8 Å². The molecule has 12 heteroatoms. The number of benzene rings is 2. The van der Waals surface area contributed by atoms with Crippen molar-refractivity contribution in [1.82, 2.24) is 14.5 Å². The molecule has 0 spiro atoms. The molecular weight excluding hydrogens is 612 g/mol. The van der Waals surface area contributed by atoms with E-state index < -0.39 is 8.07 Å². The van der Waals surface area contributed by atoms with Crippen LogP contribution in [0.3, 0.4) is 0 Å². The van der Waals surface area contributed by atoms with Gasteiger partial charge in [0, 0.05) is 32.8 Å². The van der Waals surface area contributed by atoms with E-state index in [1.807, 2.05) is 41.0 Å². The monoisotopic (exact) mass is 649 g/mol. The van der Waals surface area contributed by atoms with Gasteiger partial charge >= 0.3 is 24.9 Å². The van der Waals surface area contributed by atoms with Crippen molar-refractivity contribution >= 4 is 30.8 Å². The van der Waals surface area contributed by atoms with Crippen LogP contribution in [0.15, 0.2) is 60.7 Å². The molecule has 2 aromatic heterocycles. The van der Waals surface area contributed by atoms with Crippen molar-refractivity contribution in [1.29, 1.82) is 0 Å². The molecule has 2 aliphatic rings. The summed E-state index contributed by atoms with van der Waals surface area (Å²) in [5, 5.41) is 9.95. The Morgan fingerprint density at radius 2 is 1.64 bits per heavy atom.